The monoisotopic (exact) mass is 342 g/mol. The fourth-order valence-corrected chi connectivity index (χ4v) is 2.83. The van der Waals surface area contributed by atoms with Crippen molar-refractivity contribution in [2.75, 3.05) is 31.4 Å². The van der Waals surface area contributed by atoms with Gasteiger partial charge in [-0.15, -0.1) is 0 Å². The first kappa shape index (κ1) is 18.6. The van der Waals surface area contributed by atoms with Gasteiger partial charge < -0.3 is 20.1 Å². The number of carbonyl (C=O) groups is 1. The molecule has 0 fully saturated rings. The lowest BCUT2D eigenvalue weighted by atomic mass is 10.1. The number of benzene rings is 2. The molecule has 2 aromatic rings. The summed E-state index contributed by atoms with van der Waals surface area (Å²) < 4.78 is 10.5. The van der Waals surface area contributed by atoms with Gasteiger partial charge in [0.15, 0.2) is 0 Å². The standard InChI is InChI=1S/C20H26N2O3/c1-13-10-14(2)20(15(3)11-13)22-19(23)8-9-21-17-7-6-16(24-4)12-18(17)25-5/h6-7,10-12,21H,8-9H2,1-5H3,(H,22,23). The molecule has 2 rings (SSSR count). The number of ether oxygens (including phenoxy) is 2. The van der Waals surface area contributed by atoms with E-state index in [2.05, 4.69) is 29.7 Å². The van der Waals surface area contributed by atoms with Crippen molar-refractivity contribution in [3.63, 3.8) is 0 Å². The maximum Gasteiger partial charge on any atom is 0.226 e. The van der Waals surface area contributed by atoms with E-state index >= 15 is 0 Å². The number of methoxy groups -OCH3 is 2. The number of anilines is 2. The SMILES string of the molecule is COc1ccc(NCCC(=O)Nc2c(C)cc(C)cc2C)c(OC)c1. The zero-order valence-electron chi connectivity index (χ0n) is 15.5. The second kappa shape index (κ2) is 8.42. The van der Waals surface area contributed by atoms with E-state index in [0.29, 0.717) is 18.7 Å². The van der Waals surface area contributed by atoms with Gasteiger partial charge in [-0.05, 0) is 44.0 Å². The molecule has 0 aromatic heterocycles. The third kappa shape index (κ3) is 4.89. The van der Waals surface area contributed by atoms with Gasteiger partial charge in [0.05, 0.1) is 19.9 Å². The van der Waals surface area contributed by atoms with E-state index in [-0.39, 0.29) is 5.91 Å². The lowest BCUT2D eigenvalue weighted by molar-refractivity contribution is -0.116. The Morgan fingerprint density at radius 1 is 1.00 bits per heavy atom. The highest BCUT2D eigenvalue weighted by Crippen LogP contribution is 2.29. The Balaban J connectivity index is 1.93. The van der Waals surface area contributed by atoms with E-state index in [1.54, 1.807) is 20.3 Å². The summed E-state index contributed by atoms with van der Waals surface area (Å²) in [5.74, 6) is 1.39. The fraction of sp³-hybridized carbons (Fsp3) is 0.350. The quantitative estimate of drug-likeness (QED) is 0.796. The summed E-state index contributed by atoms with van der Waals surface area (Å²) in [6.07, 6.45) is 0.363. The van der Waals surface area contributed by atoms with E-state index < -0.39 is 0 Å². The van der Waals surface area contributed by atoms with Crippen LogP contribution in [0.2, 0.25) is 0 Å². The normalized spacial score (nSPS) is 10.3. The summed E-state index contributed by atoms with van der Waals surface area (Å²) in [6.45, 7) is 6.59. The summed E-state index contributed by atoms with van der Waals surface area (Å²) in [7, 11) is 3.22. The van der Waals surface area contributed by atoms with Gasteiger partial charge in [-0.2, -0.15) is 0 Å². The van der Waals surface area contributed by atoms with Crippen LogP contribution in [-0.2, 0) is 4.79 Å². The Morgan fingerprint density at radius 2 is 1.68 bits per heavy atom. The number of nitrogens with one attached hydrogen (secondary N) is 2. The molecule has 0 unspecified atom stereocenters. The molecule has 0 saturated carbocycles. The van der Waals surface area contributed by atoms with E-state index in [1.807, 2.05) is 26.0 Å². The van der Waals surface area contributed by atoms with Crippen molar-refractivity contribution >= 4 is 17.3 Å². The smallest absolute Gasteiger partial charge is 0.226 e. The largest absolute Gasteiger partial charge is 0.497 e. The van der Waals surface area contributed by atoms with Gasteiger partial charge in [-0.1, -0.05) is 17.7 Å². The molecule has 2 N–H and O–H groups in total. The van der Waals surface area contributed by atoms with E-state index in [9.17, 15) is 4.79 Å². The molecule has 134 valence electrons. The highest BCUT2D eigenvalue weighted by Gasteiger charge is 2.09. The van der Waals surface area contributed by atoms with Gasteiger partial charge in [0, 0.05) is 24.7 Å². The first-order valence-corrected chi connectivity index (χ1v) is 8.28. The second-order valence-corrected chi connectivity index (χ2v) is 6.06. The van der Waals surface area contributed by atoms with Crippen LogP contribution in [0, 0.1) is 20.8 Å². The Hall–Kier alpha value is -2.69. The molecule has 0 atom stereocenters. The number of amides is 1. The predicted octanol–water partition coefficient (Wildman–Crippen LogP) is 4.07. The fourth-order valence-electron chi connectivity index (χ4n) is 2.83. The van der Waals surface area contributed by atoms with Crippen LogP contribution in [0.15, 0.2) is 30.3 Å². The number of hydrogen-bond donors (Lipinski definition) is 2. The van der Waals surface area contributed by atoms with E-state index in [0.717, 1.165) is 28.3 Å². The summed E-state index contributed by atoms with van der Waals surface area (Å²) in [5, 5.41) is 6.24. The molecule has 25 heavy (non-hydrogen) atoms. The summed E-state index contributed by atoms with van der Waals surface area (Å²) >= 11 is 0. The maximum absolute atomic E-state index is 12.2. The first-order valence-electron chi connectivity index (χ1n) is 8.28. The van der Waals surface area contributed by atoms with Crippen molar-refractivity contribution < 1.29 is 14.3 Å². The third-order valence-corrected chi connectivity index (χ3v) is 4.02. The van der Waals surface area contributed by atoms with Gasteiger partial charge in [0.2, 0.25) is 5.91 Å². The molecular formula is C20H26N2O3. The minimum Gasteiger partial charge on any atom is -0.497 e. The summed E-state index contributed by atoms with van der Waals surface area (Å²) in [4.78, 5) is 12.2. The van der Waals surface area contributed by atoms with Crippen molar-refractivity contribution in [3.05, 3.63) is 47.0 Å². The van der Waals surface area contributed by atoms with Crippen molar-refractivity contribution in [1.29, 1.82) is 0 Å². The molecule has 5 heteroatoms. The summed E-state index contributed by atoms with van der Waals surface area (Å²) in [5.41, 5.74) is 5.09. The van der Waals surface area contributed by atoms with E-state index in [1.165, 1.54) is 5.56 Å². The zero-order valence-corrected chi connectivity index (χ0v) is 15.5. The average Bonchev–Trinajstić information content (AvgIpc) is 2.58. The lowest BCUT2D eigenvalue weighted by Gasteiger charge is -2.14. The minimum absolute atomic E-state index is 0.0185. The molecule has 0 aliphatic carbocycles. The Bertz CT molecular complexity index is 734. The third-order valence-electron chi connectivity index (χ3n) is 4.02. The van der Waals surface area contributed by atoms with Gasteiger partial charge in [-0.3, -0.25) is 4.79 Å². The van der Waals surface area contributed by atoms with Crippen LogP contribution in [0.3, 0.4) is 0 Å². The van der Waals surface area contributed by atoms with Crippen LogP contribution in [0.5, 0.6) is 11.5 Å². The average molecular weight is 342 g/mol. The Morgan fingerprint density at radius 3 is 2.28 bits per heavy atom. The van der Waals surface area contributed by atoms with Crippen LogP contribution in [-0.4, -0.2) is 26.7 Å². The minimum atomic E-state index is -0.0185. The van der Waals surface area contributed by atoms with Crippen molar-refractivity contribution in [3.8, 4) is 11.5 Å². The molecule has 2 aromatic carbocycles. The molecular weight excluding hydrogens is 316 g/mol. The van der Waals surface area contributed by atoms with Gasteiger partial charge in [0.1, 0.15) is 11.5 Å². The highest BCUT2D eigenvalue weighted by atomic mass is 16.5. The van der Waals surface area contributed by atoms with Crippen LogP contribution < -0.4 is 20.1 Å². The first-order chi connectivity index (χ1) is 11.9. The second-order valence-electron chi connectivity index (χ2n) is 6.06. The van der Waals surface area contributed by atoms with Crippen LogP contribution in [0.4, 0.5) is 11.4 Å². The Kier molecular flexibility index (Phi) is 6.28. The maximum atomic E-state index is 12.2. The van der Waals surface area contributed by atoms with Crippen molar-refractivity contribution in [2.24, 2.45) is 0 Å². The molecule has 5 nitrogen and oxygen atoms in total. The van der Waals surface area contributed by atoms with E-state index in [4.69, 9.17) is 9.47 Å². The molecule has 0 saturated heterocycles. The van der Waals surface area contributed by atoms with Crippen molar-refractivity contribution in [2.45, 2.75) is 27.2 Å². The van der Waals surface area contributed by atoms with Gasteiger partial charge in [0.25, 0.3) is 0 Å². The molecule has 0 radical (unpaired) electrons. The van der Waals surface area contributed by atoms with Crippen molar-refractivity contribution in [1.82, 2.24) is 0 Å². The van der Waals surface area contributed by atoms with Crippen LogP contribution >= 0.6 is 0 Å². The highest BCUT2D eigenvalue weighted by molar-refractivity contribution is 5.92. The molecule has 0 heterocycles. The lowest BCUT2D eigenvalue weighted by Crippen LogP contribution is -2.17. The number of carbonyl (C=O) groups excluding carboxylic acids is 1. The van der Waals surface area contributed by atoms with Crippen LogP contribution in [0.25, 0.3) is 0 Å². The van der Waals surface area contributed by atoms with Gasteiger partial charge in [-0.25, -0.2) is 0 Å². The summed E-state index contributed by atoms with van der Waals surface area (Å²) in [6, 6.07) is 9.68. The molecule has 0 spiro atoms. The zero-order chi connectivity index (χ0) is 18.4. The predicted molar refractivity (Wildman–Crippen MR) is 102 cm³/mol. The molecule has 0 aliphatic rings. The number of rotatable bonds is 7. The molecule has 0 bridgehead atoms. The Labute approximate surface area is 149 Å². The number of aryl methyl sites for hydroxylation is 3. The van der Waals surface area contributed by atoms with Gasteiger partial charge >= 0.3 is 0 Å². The molecule has 0 aliphatic heterocycles. The molecule has 1 amide bonds. The number of hydrogen-bond acceptors (Lipinski definition) is 4. The topological polar surface area (TPSA) is 59.6 Å². The van der Waals surface area contributed by atoms with Crippen LogP contribution in [0.1, 0.15) is 23.1 Å².